The molecule has 3 N–H and O–H groups in total. The van der Waals surface area contributed by atoms with Crippen LogP contribution in [0.3, 0.4) is 0 Å². The van der Waals surface area contributed by atoms with Crippen molar-refractivity contribution in [3.05, 3.63) is 89.1 Å². The van der Waals surface area contributed by atoms with E-state index in [4.69, 9.17) is 0 Å². The van der Waals surface area contributed by atoms with Crippen LogP contribution in [0.5, 0.6) is 0 Å². The number of aliphatic hydroxyl groups is 1. The Kier molecular flexibility index (Phi) is 7.52. The smallest absolute Gasteiger partial charge is 0.273 e. The number of carbonyl (C=O) groups excluding carboxylic acids is 1. The maximum Gasteiger partial charge on any atom is 0.273 e. The molecule has 2 heterocycles. The van der Waals surface area contributed by atoms with Crippen molar-refractivity contribution >= 4 is 28.2 Å². The molecule has 38 heavy (non-hydrogen) atoms. The van der Waals surface area contributed by atoms with Gasteiger partial charge in [-0.1, -0.05) is 12.1 Å². The van der Waals surface area contributed by atoms with Crippen molar-refractivity contribution in [1.29, 1.82) is 0 Å². The zero-order valence-corrected chi connectivity index (χ0v) is 21.1. The van der Waals surface area contributed by atoms with Gasteiger partial charge in [-0.2, -0.15) is 9.89 Å². The van der Waals surface area contributed by atoms with Gasteiger partial charge >= 0.3 is 0 Å². The van der Waals surface area contributed by atoms with Crippen LogP contribution < -0.4 is 15.6 Å². The molecule has 1 saturated heterocycles. The summed E-state index contributed by atoms with van der Waals surface area (Å²) in [5.74, 6) is -1.53. The second kappa shape index (κ2) is 11.2. The first-order valence-corrected chi connectivity index (χ1v) is 12.6. The minimum absolute atomic E-state index is 0.0198. The van der Waals surface area contributed by atoms with Crippen LogP contribution in [0.4, 0.5) is 20.2 Å². The molecule has 8 nitrogen and oxygen atoms in total. The van der Waals surface area contributed by atoms with Crippen LogP contribution >= 0.6 is 0 Å². The van der Waals surface area contributed by atoms with E-state index in [0.717, 1.165) is 54.6 Å². The van der Waals surface area contributed by atoms with Gasteiger partial charge in [0.15, 0.2) is 0 Å². The molecule has 3 aromatic carbocycles. The third-order valence-corrected chi connectivity index (χ3v) is 6.70. The molecule has 0 spiro atoms. The van der Waals surface area contributed by atoms with Crippen molar-refractivity contribution in [3.63, 3.8) is 0 Å². The summed E-state index contributed by atoms with van der Waals surface area (Å²) >= 11 is 0. The number of rotatable bonds is 8. The third-order valence-electron chi connectivity index (χ3n) is 6.70. The van der Waals surface area contributed by atoms with Gasteiger partial charge < -0.3 is 20.2 Å². The third kappa shape index (κ3) is 5.61. The summed E-state index contributed by atoms with van der Waals surface area (Å²) in [7, 11) is 2.07. The van der Waals surface area contributed by atoms with Crippen molar-refractivity contribution in [2.75, 3.05) is 62.0 Å². The van der Waals surface area contributed by atoms with Gasteiger partial charge in [0.25, 0.3) is 5.91 Å². The predicted molar refractivity (Wildman–Crippen MR) is 144 cm³/mol. The SMILES string of the molecule is CN1CCN(c2c(NCCO)cccc2C(=O)Nn2ncc3cc(Cc4cc(F)cc(F)c4)ccc32)CC1. The van der Waals surface area contributed by atoms with E-state index in [1.165, 1.54) is 16.9 Å². The lowest BCUT2D eigenvalue weighted by Crippen LogP contribution is -2.45. The molecule has 1 aromatic heterocycles. The van der Waals surface area contributed by atoms with E-state index in [-0.39, 0.29) is 12.5 Å². The molecule has 1 aliphatic rings. The van der Waals surface area contributed by atoms with Crippen LogP contribution in [0.15, 0.2) is 60.8 Å². The minimum atomic E-state index is -0.608. The minimum Gasteiger partial charge on any atom is -0.395 e. The highest BCUT2D eigenvalue weighted by atomic mass is 19.1. The van der Waals surface area contributed by atoms with Gasteiger partial charge in [-0.3, -0.25) is 4.79 Å². The standard InChI is InChI=1S/C28H30F2N6O2/c1-34-8-10-35(11-9-34)27-24(3-2-4-25(27)31-7-12-37)28(38)33-36-26-6-5-19(14-21(26)18-32-36)13-20-15-22(29)17-23(30)16-20/h2-6,14-18,31,37H,7-13H2,1H3,(H,33,38). The van der Waals surface area contributed by atoms with Crippen molar-refractivity contribution < 1.29 is 18.7 Å². The van der Waals surface area contributed by atoms with Gasteiger partial charge in [0, 0.05) is 44.2 Å². The molecule has 0 saturated carbocycles. The fourth-order valence-corrected chi connectivity index (χ4v) is 4.82. The maximum absolute atomic E-state index is 13.6. The number of likely N-dealkylation sites (N-methyl/N-ethyl adjacent to an activating group) is 1. The molecule has 10 heteroatoms. The van der Waals surface area contributed by atoms with Crippen LogP contribution in [0.1, 0.15) is 21.5 Å². The van der Waals surface area contributed by atoms with Gasteiger partial charge in [0.1, 0.15) is 11.6 Å². The summed E-state index contributed by atoms with van der Waals surface area (Å²) < 4.78 is 27.2. The summed E-state index contributed by atoms with van der Waals surface area (Å²) in [5, 5.41) is 17.7. The highest BCUT2D eigenvalue weighted by Crippen LogP contribution is 2.31. The number of aliphatic hydroxyl groups excluding tert-OH is 1. The Balaban J connectivity index is 1.39. The number of benzene rings is 3. The average Bonchev–Trinajstić information content (AvgIpc) is 3.29. The summed E-state index contributed by atoms with van der Waals surface area (Å²) in [4.78, 5) is 19.4. The molecular weight excluding hydrogens is 490 g/mol. The molecule has 0 unspecified atom stereocenters. The molecule has 0 aliphatic carbocycles. The first-order chi connectivity index (χ1) is 18.4. The Morgan fingerprint density at radius 2 is 1.76 bits per heavy atom. The van der Waals surface area contributed by atoms with Crippen molar-refractivity contribution in [2.24, 2.45) is 0 Å². The number of hydrogen-bond donors (Lipinski definition) is 3. The second-order valence-corrected chi connectivity index (χ2v) is 9.49. The molecule has 1 amide bonds. The van der Waals surface area contributed by atoms with Crippen LogP contribution in [0, 0.1) is 11.6 Å². The highest BCUT2D eigenvalue weighted by molar-refractivity contribution is 6.07. The molecule has 1 fully saturated rings. The predicted octanol–water partition coefficient (Wildman–Crippen LogP) is 3.45. The van der Waals surface area contributed by atoms with Gasteiger partial charge in [0.2, 0.25) is 0 Å². The molecule has 198 valence electrons. The second-order valence-electron chi connectivity index (χ2n) is 9.49. The summed E-state index contributed by atoms with van der Waals surface area (Å²) in [5.41, 5.74) is 7.09. The average molecular weight is 521 g/mol. The maximum atomic E-state index is 13.6. The molecule has 0 atom stereocenters. The number of para-hydroxylation sites is 1. The fraction of sp³-hybridized carbons (Fsp3) is 0.286. The normalized spacial score (nSPS) is 14.2. The summed E-state index contributed by atoms with van der Waals surface area (Å²) in [6.07, 6.45) is 2.01. The molecule has 5 rings (SSSR count). The molecule has 0 bridgehead atoms. The van der Waals surface area contributed by atoms with Gasteiger partial charge in [0.05, 0.1) is 35.3 Å². The quantitative estimate of drug-likeness (QED) is 0.330. The van der Waals surface area contributed by atoms with Gasteiger partial charge in [-0.15, -0.1) is 0 Å². The zero-order chi connectivity index (χ0) is 26.6. The lowest BCUT2D eigenvalue weighted by Gasteiger charge is -2.36. The van der Waals surface area contributed by atoms with E-state index in [2.05, 4.69) is 32.7 Å². The number of amides is 1. The lowest BCUT2D eigenvalue weighted by atomic mass is 10.0. The topological polar surface area (TPSA) is 85.7 Å². The number of hydrogen-bond acceptors (Lipinski definition) is 6. The van der Waals surface area contributed by atoms with Crippen LogP contribution in [-0.4, -0.2) is 72.2 Å². The van der Waals surface area contributed by atoms with Crippen molar-refractivity contribution in [3.8, 4) is 0 Å². The first-order valence-electron chi connectivity index (χ1n) is 12.6. The van der Waals surface area contributed by atoms with Crippen molar-refractivity contribution in [1.82, 2.24) is 14.8 Å². The van der Waals surface area contributed by atoms with E-state index >= 15 is 0 Å². The zero-order valence-electron chi connectivity index (χ0n) is 21.1. The van der Waals surface area contributed by atoms with E-state index in [1.54, 1.807) is 12.3 Å². The largest absolute Gasteiger partial charge is 0.395 e. The number of anilines is 2. The van der Waals surface area contributed by atoms with Gasteiger partial charge in [-0.05, 0) is 61.0 Å². The number of fused-ring (bicyclic) bond motifs is 1. The first kappa shape index (κ1) is 25.6. The Labute approximate surface area is 219 Å². The van der Waals surface area contributed by atoms with Crippen molar-refractivity contribution in [2.45, 2.75) is 6.42 Å². The Morgan fingerprint density at radius 1 is 1.00 bits per heavy atom. The lowest BCUT2D eigenvalue weighted by molar-refractivity contribution is 0.101. The number of nitrogens with zero attached hydrogens (tertiary/aromatic N) is 4. The number of aromatic nitrogens is 2. The number of carbonyl (C=O) groups is 1. The van der Waals surface area contributed by atoms with E-state index < -0.39 is 11.6 Å². The molecular formula is C28H30F2N6O2. The Hall–Kier alpha value is -4.02. The summed E-state index contributed by atoms with van der Waals surface area (Å²) in [6.45, 7) is 3.66. The Bertz CT molecular complexity index is 1430. The molecule has 4 aromatic rings. The summed E-state index contributed by atoms with van der Waals surface area (Å²) in [6, 6.07) is 14.6. The number of halogens is 2. The molecule has 1 aliphatic heterocycles. The van der Waals surface area contributed by atoms with Gasteiger partial charge in [-0.25, -0.2) is 14.2 Å². The van der Waals surface area contributed by atoms with Crippen LogP contribution in [0.25, 0.3) is 10.9 Å². The van der Waals surface area contributed by atoms with Crippen LogP contribution in [0.2, 0.25) is 0 Å². The van der Waals surface area contributed by atoms with E-state index in [0.29, 0.717) is 29.6 Å². The number of piperazine rings is 1. The number of nitrogens with one attached hydrogen (secondary N) is 2. The monoisotopic (exact) mass is 520 g/mol. The highest BCUT2D eigenvalue weighted by Gasteiger charge is 2.24. The van der Waals surface area contributed by atoms with E-state index in [1.807, 2.05) is 30.3 Å². The Morgan fingerprint density at radius 3 is 2.50 bits per heavy atom. The fourth-order valence-electron chi connectivity index (χ4n) is 4.82. The van der Waals surface area contributed by atoms with E-state index in [9.17, 15) is 18.7 Å². The molecule has 0 radical (unpaired) electrons. The van der Waals surface area contributed by atoms with Crippen LogP contribution in [-0.2, 0) is 6.42 Å².